The van der Waals surface area contributed by atoms with Gasteiger partial charge in [-0.15, -0.1) is 0 Å². The highest BCUT2D eigenvalue weighted by Crippen LogP contribution is 2.19. The van der Waals surface area contributed by atoms with Gasteiger partial charge in [-0.25, -0.2) is 0 Å². The Bertz CT molecular complexity index is 600. The lowest BCUT2D eigenvalue weighted by molar-refractivity contribution is 0.0944. The minimum Gasteiger partial charge on any atom is -0.395 e. The Morgan fingerprint density at radius 1 is 1.24 bits per heavy atom. The van der Waals surface area contributed by atoms with Gasteiger partial charge < -0.3 is 15.7 Å². The minimum atomic E-state index is -0.178. The molecule has 2 rings (SSSR count). The molecule has 0 aliphatic heterocycles. The molecule has 2 aromatic rings. The van der Waals surface area contributed by atoms with E-state index in [-0.39, 0.29) is 19.1 Å². The highest BCUT2D eigenvalue weighted by molar-refractivity contribution is 5.97. The summed E-state index contributed by atoms with van der Waals surface area (Å²) in [5.74, 6) is -0.178. The van der Waals surface area contributed by atoms with Crippen LogP contribution in [0.4, 0.5) is 5.69 Å². The first-order chi connectivity index (χ1) is 10.2. The van der Waals surface area contributed by atoms with E-state index >= 15 is 0 Å². The third kappa shape index (κ3) is 4.03. The number of aromatic nitrogens is 1. The quantitative estimate of drug-likeness (QED) is 0.755. The molecule has 0 spiro atoms. The second-order valence-electron chi connectivity index (χ2n) is 4.63. The van der Waals surface area contributed by atoms with Gasteiger partial charge in [0.2, 0.25) is 0 Å². The topological polar surface area (TPSA) is 74.2 Å². The van der Waals surface area contributed by atoms with E-state index in [1.165, 1.54) is 0 Å². The minimum absolute atomic E-state index is 0.0671. The molecule has 110 valence electrons. The normalized spacial score (nSPS) is 10.2. The van der Waals surface area contributed by atoms with Crippen molar-refractivity contribution >= 4 is 11.6 Å². The van der Waals surface area contributed by atoms with E-state index < -0.39 is 0 Å². The summed E-state index contributed by atoms with van der Waals surface area (Å²) in [5, 5.41) is 14.7. The van der Waals surface area contributed by atoms with Gasteiger partial charge >= 0.3 is 0 Å². The summed E-state index contributed by atoms with van der Waals surface area (Å²) in [4.78, 5) is 16.2. The third-order valence-corrected chi connectivity index (χ3v) is 3.16. The number of hydrogen-bond acceptors (Lipinski definition) is 4. The van der Waals surface area contributed by atoms with Crippen LogP contribution >= 0.6 is 0 Å². The number of hydrogen-bond donors (Lipinski definition) is 3. The number of carbonyl (C=O) groups is 1. The van der Waals surface area contributed by atoms with Crippen LogP contribution in [0.5, 0.6) is 0 Å². The average Bonchev–Trinajstić information content (AvgIpc) is 2.52. The summed E-state index contributed by atoms with van der Waals surface area (Å²) in [5.41, 5.74) is 3.32. The summed E-state index contributed by atoms with van der Waals surface area (Å²) >= 11 is 0. The van der Waals surface area contributed by atoms with Crippen LogP contribution in [0.2, 0.25) is 0 Å². The zero-order chi connectivity index (χ0) is 15.1. The second-order valence-corrected chi connectivity index (χ2v) is 4.63. The molecule has 1 heterocycles. The molecule has 1 amide bonds. The molecule has 0 aliphatic rings. The molecule has 0 fully saturated rings. The Hall–Kier alpha value is -2.40. The number of amides is 1. The van der Waals surface area contributed by atoms with Crippen molar-refractivity contribution in [3.05, 3.63) is 59.4 Å². The molecule has 0 saturated heterocycles. The first kappa shape index (κ1) is 15.0. The predicted molar refractivity (Wildman–Crippen MR) is 82.2 cm³/mol. The maximum absolute atomic E-state index is 12.0. The largest absolute Gasteiger partial charge is 0.395 e. The van der Waals surface area contributed by atoms with Crippen LogP contribution in [0.1, 0.15) is 21.6 Å². The van der Waals surface area contributed by atoms with Gasteiger partial charge in [0.25, 0.3) is 5.91 Å². The van der Waals surface area contributed by atoms with Gasteiger partial charge in [0, 0.05) is 24.0 Å². The number of pyridine rings is 1. The molecule has 0 atom stereocenters. The van der Waals surface area contributed by atoms with Crippen molar-refractivity contribution in [3.8, 4) is 0 Å². The Kier molecular flexibility index (Phi) is 5.29. The Morgan fingerprint density at radius 3 is 2.81 bits per heavy atom. The maximum Gasteiger partial charge on any atom is 0.251 e. The molecule has 21 heavy (non-hydrogen) atoms. The molecule has 3 N–H and O–H groups in total. The molecular formula is C16H19N3O2. The lowest BCUT2D eigenvalue weighted by Gasteiger charge is -2.13. The number of rotatable bonds is 6. The second kappa shape index (κ2) is 7.40. The molecule has 0 aliphatic carbocycles. The SMILES string of the molecule is Cc1c(NCc2ccccn2)cccc1C(=O)NCCO. The Balaban J connectivity index is 2.08. The van der Waals surface area contributed by atoms with Crippen LogP contribution in [-0.4, -0.2) is 29.1 Å². The molecule has 1 aromatic heterocycles. The molecule has 0 bridgehead atoms. The van der Waals surface area contributed by atoms with Crippen molar-refractivity contribution in [2.24, 2.45) is 0 Å². The van der Waals surface area contributed by atoms with Gasteiger partial charge in [0.1, 0.15) is 0 Å². The standard InChI is InChI=1S/C16H19N3O2/c1-12-14(16(21)18-9-10-20)6-4-7-15(12)19-11-13-5-2-3-8-17-13/h2-8,19-20H,9-11H2,1H3,(H,18,21). The molecule has 0 saturated carbocycles. The van der Waals surface area contributed by atoms with Crippen LogP contribution < -0.4 is 10.6 Å². The van der Waals surface area contributed by atoms with E-state index in [9.17, 15) is 4.79 Å². The lowest BCUT2D eigenvalue weighted by Crippen LogP contribution is -2.27. The van der Waals surface area contributed by atoms with Gasteiger partial charge in [-0.2, -0.15) is 0 Å². The first-order valence-corrected chi connectivity index (χ1v) is 6.85. The van der Waals surface area contributed by atoms with Crippen molar-refractivity contribution in [1.82, 2.24) is 10.3 Å². The monoisotopic (exact) mass is 285 g/mol. The summed E-state index contributed by atoms with van der Waals surface area (Å²) in [6.45, 7) is 2.68. The third-order valence-electron chi connectivity index (χ3n) is 3.16. The molecule has 0 unspecified atom stereocenters. The van der Waals surface area contributed by atoms with E-state index in [0.29, 0.717) is 12.1 Å². The molecule has 5 heteroatoms. The van der Waals surface area contributed by atoms with Gasteiger partial charge in [0.05, 0.1) is 18.8 Å². The summed E-state index contributed by atoms with van der Waals surface area (Å²) < 4.78 is 0. The lowest BCUT2D eigenvalue weighted by atomic mass is 10.1. The van der Waals surface area contributed by atoms with Crippen molar-refractivity contribution in [2.45, 2.75) is 13.5 Å². The number of nitrogens with one attached hydrogen (secondary N) is 2. The van der Waals surface area contributed by atoms with Crippen LogP contribution in [0.25, 0.3) is 0 Å². The highest BCUT2D eigenvalue weighted by Gasteiger charge is 2.10. The summed E-state index contributed by atoms with van der Waals surface area (Å²) in [6, 6.07) is 11.3. The zero-order valence-corrected chi connectivity index (χ0v) is 12.0. The van der Waals surface area contributed by atoms with E-state index in [2.05, 4.69) is 15.6 Å². The van der Waals surface area contributed by atoms with E-state index in [0.717, 1.165) is 16.9 Å². The van der Waals surface area contributed by atoms with Crippen molar-refractivity contribution in [1.29, 1.82) is 0 Å². The van der Waals surface area contributed by atoms with E-state index in [1.54, 1.807) is 12.3 Å². The fourth-order valence-electron chi connectivity index (χ4n) is 2.03. The van der Waals surface area contributed by atoms with Gasteiger partial charge in [-0.3, -0.25) is 9.78 Å². The van der Waals surface area contributed by atoms with Crippen molar-refractivity contribution in [2.75, 3.05) is 18.5 Å². The molecule has 5 nitrogen and oxygen atoms in total. The van der Waals surface area contributed by atoms with E-state index in [1.807, 2.05) is 37.3 Å². The van der Waals surface area contributed by atoms with Gasteiger partial charge in [0.15, 0.2) is 0 Å². The fourth-order valence-corrected chi connectivity index (χ4v) is 2.03. The van der Waals surface area contributed by atoms with Gasteiger partial charge in [-0.1, -0.05) is 12.1 Å². The van der Waals surface area contributed by atoms with Crippen LogP contribution in [-0.2, 0) is 6.54 Å². The smallest absolute Gasteiger partial charge is 0.251 e. The number of anilines is 1. The van der Waals surface area contributed by atoms with Crippen molar-refractivity contribution in [3.63, 3.8) is 0 Å². The number of aliphatic hydroxyl groups is 1. The highest BCUT2D eigenvalue weighted by atomic mass is 16.3. The van der Waals surface area contributed by atoms with Crippen LogP contribution in [0, 0.1) is 6.92 Å². The number of aliphatic hydroxyl groups excluding tert-OH is 1. The molecule has 0 radical (unpaired) electrons. The Labute approximate surface area is 124 Å². The van der Waals surface area contributed by atoms with Crippen molar-refractivity contribution < 1.29 is 9.90 Å². The fraction of sp³-hybridized carbons (Fsp3) is 0.250. The summed E-state index contributed by atoms with van der Waals surface area (Å²) in [6.07, 6.45) is 1.75. The van der Waals surface area contributed by atoms with Crippen LogP contribution in [0.15, 0.2) is 42.6 Å². The number of benzene rings is 1. The van der Waals surface area contributed by atoms with E-state index in [4.69, 9.17) is 5.11 Å². The first-order valence-electron chi connectivity index (χ1n) is 6.85. The summed E-state index contributed by atoms with van der Waals surface area (Å²) in [7, 11) is 0. The zero-order valence-electron chi connectivity index (χ0n) is 12.0. The predicted octanol–water partition coefficient (Wildman–Crippen LogP) is 1.72. The molecule has 1 aromatic carbocycles. The average molecular weight is 285 g/mol. The number of carbonyl (C=O) groups excluding carboxylic acids is 1. The van der Waals surface area contributed by atoms with Crippen LogP contribution in [0.3, 0.4) is 0 Å². The number of nitrogens with zero attached hydrogens (tertiary/aromatic N) is 1. The van der Waals surface area contributed by atoms with Gasteiger partial charge in [-0.05, 0) is 36.8 Å². The maximum atomic E-state index is 12.0. The Morgan fingerprint density at radius 2 is 2.10 bits per heavy atom. The molecular weight excluding hydrogens is 266 g/mol.